The second-order valence-electron chi connectivity index (χ2n) is 4.16. The fourth-order valence-electron chi connectivity index (χ4n) is 2.25. The minimum atomic E-state index is -0.00106. The van der Waals surface area contributed by atoms with Gasteiger partial charge in [0.25, 0.3) is 0 Å². The third-order valence-electron chi connectivity index (χ3n) is 3.09. The van der Waals surface area contributed by atoms with E-state index in [0.717, 1.165) is 5.56 Å². The van der Waals surface area contributed by atoms with E-state index in [1.807, 2.05) is 42.2 Å². The Hall–Kier alpha value is -1.35. The Balaban J connectivity index is 2.19. The summed E-state index contributed by atoms with van der Waals surface area (Å²) in [5.41, 5.74) is 1.14. The number of carbonyl (C=O) groups is 1. The highest BCUT2D eigenvalue weighted by atomic mass is 16.5. The maximum absolute atomic E-state index is 11.5. The second-order valence-corrected chi connectivity index (χ2v) is 4.16. The van der Waals surface area contributed by atoms with Crippen molar-refractivity contribution in [2.45, 2.75) is 26.0 Å². The van der Waals surface area contributed by atoms with Crippen LogP contribution in [0.25, 0.3) is 0 Å². The number of nitrogens with zero attached hydrogens (tertiary/aromatic N) is 1. The molecule has 0 aromatic heterocycles. The summed E-state index contributed by atoms with van der Waals surface area (Å²) in [6, 6.07) is 10.2. The van der Waals surface area contributed by atoms with Crippen molar-refractivity contribution in [3.63, 3.8) is 0 Å². The van der Waals surface area contributed by atoms with Gasteiger partial charge in [-0.2, -0.15) is 0 Å². The van der Waals surface area contributed by atoms with Crippen LogP contribution in [0.5, 0.6) is 0 Å². The van der Waals surface area contributed by atoms with E-state index in [1.54, 1.807) is 6.92 Å². The molecule has 3 nitrogen and oxygen atoms in total. The maximum atomic E-state index is 11.5. The zero-order valence-electron chi connectivity index (χ0n) is 9.72. The molecule has 0 bridgehead atoms. The Morgan fingerprint density at radius 1 is 1.38 bits per heavy atom. The Morgan fingerprint density at radius 2 is 2.06 bits per heavy atom. The predicted octanol–water partition coefficient (Wildman–Crippen LogP) is 1.99. The van der Waals surface area contributed by atoms with Crippen LogP contribution in [0.1, 0.15) is 25.5 Å². The zero-order chi connectivity index (χ0) is 11.5. The van der Waals surface area contributed by atoms with Crippen LogP contribution in [0.4, 0.5) is 0 Å². The quantitative estimate of drug-likeness (QED) is 0.723. The lowest BCUT2D eigenvalue weighted by molar-refractivity contribution is -0.143. The summed E-state index contributed by atoms with van der Waals surface area (Å²) in [5.74, 6) is 0.122. The van der Waals surface area contributed by atoms with E-state index in [2.05, 4.69) is 0 Å². The van der Waals surface area contributed by atoms with Gasteiger partial charge in [-0.25, -0.2) is 0 Å². The molecule has 3 heteroatoms. The van der Waals surface area contributed by atoms with Crippen molar-refractivity contribution >= 4 is 5.91 Å². The lowest BCUT2D eigenvalue weighted by Gasteiger charge is -2.39. The van der Waals surface area contributed by atoms with Crippen LogP contribution in [-0.4, -0.2) is 30.0 Å². The first-order chi connectivity index (χ1) is 7.70. The summed E-state index contributed by atoms with van der Waals surface area (Å²) in [5, 5.41) is 0. The number of morpholine rings is 1. The molecule has 1 aromatic rings. The number of hydrogen-bond acceptors (Lipinski definition) is 2. The largest absolute Gasteiger partial charge is 0.370 e. The number of hydrogen-bond donors (Lipinski definition) is 0. The van der Waals surface area contributed by atoms with E-state index in [1.165, 1.54) is 0 Å². The third-order valence-corrected chi connectivity index (χ3v) is 3.09. The Bertz CT molecular complexity index is 363. The van der Waals surface area contributed by atoms with Crippen molar-refractivity contribution in [3.8, 4) is 0 Å². The molecule has 16 heavy (non-hydrogen) atoms. The van der Waals surface area contributed by atoms with Gasteiger partial charge in [0.2, 0.25) is 5.91 Å². The molecule has 0 spiro atoms. The van der Waals surface area contributed by atoms with Gasteiger partial charge in [0.15, 0.2) is 0 Å². The van der Waals surface area contributed by atoms with Crippen LogP contribution in [0.15, 0.2) is 30.3 Å². The van der Waals surface area contributed by atoms with E-state index in [9.17, 15) is 4.79 Å². The van der Waals surface area contributed by atoms with Crippen molar-refractivity contribution in [1.82, 2.24) is 4.90 Å². The summed E-state index contributed by atoms with van der Waals surface area (Å²) in [6.45, 7) is 4.96. The van der Waals surface area contributed by atoms with Gasteiger partial charge in [0, 0.05) is 13.5 Å². The van der Waals surface area contributed by atoms with Crippen LogP contribution in [0, 0.1) is 0 Å². The Morgan fingerprint density at radius 3 is 2.69 bits per heavy atom. The van der Waals surface area contributed by atoms with Crippen molar-refractivity contribution in [2.24, 2.45) is 0 Å². The van der Waals surface area contributed by atoms with E-state index in [-0.39, 0.29) is 18.1 Å². The van der Waals surface area contributed by atoms with E-state index in [0.29, 0.717) is 13.2 Å². The smallest absolute Gasteiger partial charge is 0.219 e. The van der Waals surface area contributed by atoms with E-state index in [4.69, 9.17) is 4.74 Å². The predicted molar refractivity (Wildman–Crippen MR) is 62.0 cm³/mol. The van der Waals surface area contributed by atoms with Crippen molar-refractivity contribution < 1.29 is 9.53 Å². The molecule has 0 radical (unpaired) electrons. The Kier molecular flexibility index (Phi) is 3.25. The fourth-order valence-corrected chi connectivity index (χ4v) is 2.25. The number of rotatable bonds is 1. The van der Waals surface area contributed by atoms with Gasteiger partial charge < -0.3 is 9.64 Å². The first kappa shape index (κ1) is 11.1. The monoisotopic (exact) mass is 219 g/mol. The number of amides is 1. The third kappa shape index (κ3) is 2.09. The van der Waals surface area contributed by atoms with E-state index >= 15 is 0 Å². The van der Waals surface area contributed by atoms with Crippen molar-refractivity contribution in [1.29, 1.82) is 0 Å². The highest BCUT2D eigenvalue weighted by molar-refractivity contribution is 5.73. The van der Waals surface area contributed by atoms with Gasteiger partial charge in [0.05, 0.1) is 12.6 Å². The maximum Gasteiger partial charge on any atom is 0.219 e. The SMILES string of the molecule is CC(=O)N1CCO[C@H](c2ccccc2)[C@@H]1C. The van der Waals surface area contributed by atoms with Crippen molar-refractivity contribution in [2.75, 3.05) is 13.2 Å². The highest BCUT2D eigenvalue weighted by Crippen LogP contribution is 2.27. The van der Waals surface area contributed by atoms with E-state index < -0.39 is 0 Å². The molecule has 0 N–H and O–H groups in total. The molecule has 0 unspecified atom stereocenters. The number of carbonyl (C=O) groups excluding carboxylic acids is 1. The molecule has 1 aliphatic rings. The minimum absolute atomic E-state index is 0.00106. The van der Waals surface area contributed by atoms with Crippen LogP contribution in [-0.2, 0) is 9.53 Å². The topological polar surface area (TPSA) is 29.5 Å². The van der Waals surface area contributed by atoms with Gasteiger partial charge in [-0.1, -0.05) is 30.3 Å². The summed E-state index contributed by atoms with van der Waals surface area (Å²) in [7, 11) is 0. The van der Waals surface area contributed by atoms with Crippen LogP contribution in [0.2, 0.25) is 0 Å². The van der Waals surface area contributed by atoms with Gasteiger partial charge >= 0.3 is 0 Å². The molecular weight excluding hydrogens is 202 g/mol. The average molecular weight is 219 g/mol. The molecular formula is C13H17NO2. The molecule has 2 atom stereocenters. The molecule has 1 saturated heterocycles. The summed E-state index contributed by atoms with van der Waals surface area (Å²) < 4.78 is 5.76. The number of benzene rings is 1. The van der Waals surface area contributed by atoms with Gasteiger partial charge in [0.1, 0.15) is 6.10 Å². The molecule has 1 heterocycles. The average Bonchev–Trinajstić information content (AvgIpc) is 2.30. The molecule has 2 rings (SSSR count). The molecule has 0 aliphatic carbocycles. The number of ether oxygens (including phenoxy) is 1. The van der Waals surface area contributed by atoms with Crippen LogP contribution < -0.4 is 0 Å². The van der Waals surface area contributed by atoms with Crippen molar-refractivity contribution in [3.05, 3.63) is 35.9 Å². The lowest BCUT2D eigenvalue weighted by Crippen LogP contribution is -2.47. The second kappa shape index (κ2) is 4.66. The lowest BCUT2D eigenvalue weighted by atomic mass is 10.0. The van der Waals surface area contributed by atoms with Gasteiger partial charge in [-0.3, -0.25) is 4.79 Å². The van der Waals surface area contributed by atoms with Crippen LogP contribution >= 0.6 is 0 Å². The Labute approximate surface area is 96.0 Å². The highest BCUT2D eigenvalue weighted by Gasteiger charge is 2.31. The zero-order valence-corrected chi connectivity index (χ0v) is 9.72. The molecule has 1 aromatic carbocycles. The molecule has 1 aliphatic heterocycles. The van der Waals surface area contributed by atoms with Gasteiger partial charge in [-0.05, 0) is 12.5 Å². The van der Waals surface area contributed by atoms with Gasteiger partial charge in [-0.15, -0.1) is 0 Å². The fraction of sp³-hybridized carbons (Fsp3) is 0.462. The first-order valence-electron chi connectivity index (χ1n) is 5.64. The standard InChI is InChI=1S/C13H17NO2/c1-10-13(12-6-4-3-5-7-12)16-9-8-14(10)11(2)15/h3-7,10,13H,8-9H2,1-2H3/t10-,13-/m0/s1. The molecule has 86 valence electrons. The molecule has 0 saturated carbocycles. The molecule has 1 amide bonds. The first-order valence-corrected chi connectivity index (χ1v) is 5.64. The molecule has 1 fully saturated rings. The minimum Gasteiger partial charge on any atom is -0.370 e. The summed E-state index contributed by atoms with van der Waals surface area (Å²) in [4.78, 5) is 13.3. The van der Waals surface area contributed by atoms with Crippen LogP contribution in [0.3, 0.4) is 0 Å². The summed E-state index contributed by atoms with van der Waals surface area (Å²) >= 11 is 0. The summed E-state index contributed by atoms with van der Waals surface area (Å²) in [6.07, 6.45) is -0.00106. The normalized spacial score (nSPS) is 25.5.